The quantitative estimate of drug-likeness (QED) is 0.858. The highest BCUT2D eigenvalue weighted by Gasteiger charge is 2.32. The SMILES string of the molecule is Cc1cccc(CN2CCC(C3CCN(c4ncccn4)CC3)C2)n1. The van der Waals surface area contributed by atoms with E-state index >= 15 is 0 Å². The van der Waals surface area contributed by atoms with Gasteiger partial charge in [-0.3, -0.25) is 9.88 Å². The maximum absolute atomic E-state index is 4.66. The van der Waals surface area contributed by atoms with Gasteiger partial charge in [0.05, 0.1) is 5.69 Å². The Morgan fingerprint density at radius 2 is 1.72 bits per heavy atom. The van der Waals surface area contributed by atoms with Gasteiger partial charge in [0, 0.05) is 44.3 Å². The van der Waals surface area contributed by atoms with E-state index < -0.39 is 0 Å². The number of aromatic nitrogens is 3. The van der Waals surface area contributed by atoms with Gasteiger partial charge in [-0.2, -0.15) is 0 Å². The Morgan fingerprint density at radius 3 is 2.48 bits per heavy atom. The number of nitrogens with zero attached hydrogens (tertiary/aromatic N) is 5. The smallest absolute Gasteiger partial charge is 0.225 e. The van der Waals surface area contributed by atoms with Gasteiger partial charge in [0.15, 0.2) is 0 Å². The first-order valence-corrected chi connectivity index (χ1v) is 9.45. The number of pyridine rings is 1. The van der Waals surface area contributed by atoms with Crippen molar-refractivity contribution in [1.29, 1.82) is 0 Å². The molecule has 2 aliphatic heterocycles. The minimum absolute atomic E-state index is 0.837. The van der Waals surface area contributed by atoms with Gasteiger partial charge in [-0.05, 0) is 62.8 Å². The molecule has 0 aromatic carbocycles. The summed E-state index contributed by atoms with van der Waals surface area (Å²) >= 11 is 0. The third-order valence-corrected chi connectivity index (χ3v) is 5.68. The number of anilines is 1. The van der Waals surface area contributed by atoms with Crippen LogP contribution in [0.15, 0.2) is 36.7 Å². The molecule has 132 valence electrons. The lowest BCUT2D eigenvalue weighted by Crippen LogP contribution is -2.37. The summed E-state index contributed by atoms with van der Waals surface area (Å²) < 4.78 is 0. The van der Waals surface area contributed by atoms with Crippen molar-refractivity contribution in [2.75, 3.05) is 31.1 Å². The van der Waals surface area contributed by atoms with E-state index in [1.807, 2.05) is 18.5 Å². The summed E-state index contributed by atoms with van der Waals surface area (Å²) in [5, 5.41) is 0. The Hall–Kier alpha value is -2.01. The zero-order valence-electron chi connectivity index (χ0n) is 15.0. The van der Waals surface area contributed by atoms with Gasteiger partial charge >= 0.3 is 0 Å². The second kappa shape index (κ2) is 7.48. The van der Waals surface area contributed by atoms with Gasteiger partial charge in [0.1, 0.15) is 0 Å². The van der Waals surface area contributed by atoms with Crippen molar-refractivity contribution in [3.8, 4) is 0 Å². The second-order valence-corrected chi connectivity index (χ2v) is 7.43. The minimum Gasteiger partial charge on any atom is -0.341 e. The van der Waals surface area contributed by atoms with Crippen molar-refractivity contribution in [2.45, 2.75) is 32.7 Å². The summed E-state index contributed by atoms with van der Waals surface area (Å²) in [5.74, 6) is 2.57. The summed E-state index contributed by atoms with van der Waals surface area (Å²) in [6, 6.07) is 8.22. The highest BCUT2D eigenvalue weighted by Crippen LogP contribution is 2.33. The molecule has 2 aromatic rings. The van der Waals surface area contributed by atoms with Crippen LogP contribution in [0.5, 0.6) is 0 Å². The number of aryl methyl sites for hydroxylation is 1. The molecule has 4 heterocycles. The molecule has 1 unspecified atom stereocenters. The molecule has 2 aromatic heterocycles. The first-order valence-electron chi connectivity index (χ1n) is 9.45. The molecule has 0 radical (unpaired) electrons. The van der Waals surface area contributed by atoms with Crippen molar-refractivity contribution < 1.29 is 0 Å². The van der Waals surface area contributed by atoms with Crippen molar-refractivity contribution in [3.05, 3.63) is 48.0 Å². The topological polar surface area (TPSA) is 45.2 Å². The van der Waals surface area contributed by atoms with E-state index in [4.69, 9.17) is 0 Å². The average molecular weight is 337 g/mol. The van der Waals surface area contributed by atoms with E-state index in [9.17, 15) is 0 Å². The lowest BCUT2D eigenvalue weighted by molar-refractivity contribution is 0.250. The summed E-state index contributed by atoms with van der Waals surface area (Å²) in [7, 11) is 0. The van der Waals surface area contributed by atoms with Gasteiger partial charge in [0.25, 0.3) is 0 Å². The van der Waals surface area contributed by atoms with Crippen molar-refractivity contribution in [3.63, 3.8) is 0 Å². The highest BCUT2D eigenvalue weighted by atomic mass is 15.2. The summed E-state index contributed by atoms with van der Waals surface area (Å²) in [5.41, 5.74) is 2.32. The first kappa shape index (κ1) is 16.5. The van der Waals surface area contributed by atoms with Crippen LogP contribution in [-0.4, -0.2) is 46.0 Å². The molecule has 25 heavy (non-hydrogen) atoms. The second-order valence-electron chi connectivity index (χ2n) is 7.43. The lowest BCUT2D eigenvalue weighted by Gasteiger charge is -2.34. The van der Waals surface area contributed by atoms with Gasteiger partial charge < -0.3 is 4.90 Å². The fourth-order valence-corrected chi connectivity index (χ4v) is 4.33. The van der Waals surface area contributed by atoms with Crippen LogP contribution in [-0.2, 0) is 6.54 Å². The molecule has 1 atom stereocenters. The van der Waals surface area contributed by atoms with Crippen LogP contribution >= 0.6 is 0 Å². The van der Waals surface area contributed by atoms with Crippen LogP contribution in [0.1, 0.15) is 30.7 Å². The molecule has 0 N–H and O–H groups in total. The van der Waals surface area contributed by atoms with Crippen LogP contribution in [0.2, 0.25) is 0 Å². The molecule has 0 aliphatic carbocycles. The van der Waals surface area contributed by atoms with Crippen LogP contribution in [0.4, 0.5) is 5.95 Å². The third-order valence-electron chi connectivity index (χ3n) is 5.68. The predicted molar refractivity (Wildman–Crippen MR) is 99.3 cm³/mol. The fourth-order valence-electron chi connectivity index (χ4n) is 4.33. The van der Waals surface area contributed by atoms with Crippen molar-refractivity contribution >= 4 is 5.95 Å². The van der Waals surface area contributed by atoms with Gasteiger partial charge in [-0.15, -0.1) is 0 Å². The zero-order chi connectivity index (χ0) is 17.1. The molecule has 4 rings (SSSR count). The Kier molecular flexibility index (Phi) is 4.92. The largest absolute Gasteiger partial charge is 0.341 e. The lowest BCUT2D eigenvalue weighted by atomic mass is 9.84. The van der Waals surface area contributed by atoms with Crippen molar-refractivity contribution in [1.82, 2.24) is 19.9 Å². The van der Waals surface area contributed by atoms with Gasteiger partial charge in [-0.25, -0.2) is 9.97 Å². The Labute approximate surface area is 150 Å². The van der Waals surface area contributed by atoms with E-state index in [1.54, 1.807) is 0 Å². The molecular weight excluding hydrogens is 310 g/mol. The minimum atomic E-state index is 0.837. The number of piperidine rings is 1. The first-order chi connectivity index (χ1) is 12.3. The number of hydrogen-bond acceptors (Lipinski definition) is 5. The molecule has 5 heteroatoms. The predicted octanol–water partition coefficient (Wildman–Crippen LogP) is 2.92. The third kappa shape index (κ3) is 3.98. The van der Waals surface area contributed by atoms with E-state index in [-0.39, 0.29) is 0 Å². The maximum atomic E-state index is 4.66. The summed E-state index contributed by atoms with van der Waals surface area (Å²) in [4.78, 5) is 18.4. The summed E-state index contributed by atoms with van der Waals surface area (Å²) in [6.07, 6.45) is 7.53. The van der Waals surface area contributed by atoms with Crippen molar-refractivity contribution in [2.24, 2.45) is 11.8 Å². The molecular formula is C20H27N5. The molecule has 2 aliphatic rings. The molecule has 0 spiro atoms. The number of likely N-dealkylation sites (tertiary alicyclic amines) is 1. The van der Waals surface area contributed by atoms with Crippen LogP contribution in [0.25, 0.3) is 0 Å². The monoisotopic (exact) mass is 337 g/mol. The molecule has 2 saturated heterocycles. The maximum Gasteiger partial charge on any atom is 0.225 e. The molecule has 5 nitrogen and oxygen atoms in total. The molecule has 0 saturated carbocycles. The number of rotatable bonds is 4. The van der Waals surface area contributed by atoms with Crippen LogP contribution in [0, 0.1) is 18.8 Å². The van der Waals surface area contributed by atoms with E-state index in [0.29, 0.717) is 0 Å². The Morgan fingerprint density at radius 1 is 0.960 bits per heavy atom. The summed E-state index contributed by atoms with van der Waals surface area (Å²) in [6.45, 7) is 7.68. The Bertz CT molecular complexity index is 681. The van der Waals surface area contributed by atoms with Gasteiger partial charge in [0.2, 0.25) is 5.95 Å². The van der Waals surface area contributed by atoms with E-state index in [0.717, 1.165) is 43.1 Å². The zero-order valence-corrected chi connectivity index (χ0v) is 15.0. The molecule has 0 amide bonds. The average Bonchev–Trinajstić information content (AvgIpc) is 3.11. The van der Waals surface area contributed by atoms with Crippen LogP contribution in [0.3, 0.4) is 0 Å². The van der Waals surface area contributed by atoms with E-state index in [2.05, 4.69) is 49.9 Å². The van der Waals surface area contributed by atoms with Gasteiger partial charge in [-0.1, -0.05) is 6.07 Å². The highest BCUT2D eigenvalue weighted by molar-refractivity contribution is 5.28. The normalized spacial score (nSPS) is 22.4. The molecule has 0 bridgehead atoms. The fraction of sp³-hybridized carbons (Fsp3) is 0.550. The Balaban J connectivity index is 1.28. The van der Waals surface area contributed by atoms with Crippen LogP contribution < -0.4 is 4.90 Å². The molecule has 2 fully saturated rings. The van der Waals surface area contributed by atoms with E-state index in [1.165, 1.54) is 38.0 Å². The standard InChI is InChI=1S/C20H27N5/c1-16-4-2-5-19(23-16)15-24-11-6-18(14-24)17-7-12-25(13-8-17)20-21-9-3-10-22-20/h2-5,9-10,17-18H,6-8,11-15H2,1H3. The number of hydrogen-bond donors (Lipinski definition) is 0.